The monoisotopic (exact) mass is 321 g/mol. The van der Waals surface area contributed by atoms with Gasteiger partial charge in [-0.1, -0.05) is 53.5 Å². The van der Waals surface area contributed by atoms with Crippen molar-refractivity contribution in [1.29, 1.82) is 0 Å². The molecule has 2 N–H and O–H groups in total. The number of rotatable bonds is 2. The molecule has 1 aliphatic carbocycles. The first kappa shape index (κ1) is 14.9. The Morgan fingerprint density at radius 1 is 1.14 bits per heavy atom. The van der Waals surface area contributed by atoms with E-state index in [-0.39, 0.29) is 6.04 Å². The molecule has 0 amide bonds. The van der Waals surface area contributed by atoms with Crippen LogP contribution in [0.3, 0.4) is 0 Å². The third-order valence-electron chi connectivity index (χ3n) is 4.34. The van der Waals surface area contributed by atoms with Crippen molar-refractivity contribution in [3.63, 3.8) is 0 Å². The molecule has 0 saturated heterocycles. The van der Waals surface area contributed by atoms with Crippen molar-refractivity contribution in [2.75, 3.05) is 7.11 Å². The summed E-state index contributed by atoms with van der Waals surface area (Å²) in [5.41, 5.74) is 9.00. The number of methoxy groups -OCH3 is 1. The summed E-state index contributed by atoms with van der Waals surface area (Å²) < 4.78 is 5.98. The molecule has 0 heterocycles. The highest BCUT2D eigenvalue weighted by Gasteiger charge is 2.40. The topological polar surface area (TPSA) is 35.2 Å². The lowest BCUT2D eigenvalue weighted by molar-refractivity contribution is 0.00432. The Kier molecular flexibility index (Phi) is 3.98. The fourth-order valence-corrected chi connectivity index (χ4v) is 3.51. The summed E-state index contributed by atoms with van der Waals surface area (Å²) in [4.78, 5) is 0. The number of ether oxygens (including phenoxy) is 1. The Morgan fingerprint density at radius 2 is 1.90 bits per heavy atom. The van der Waals surface area contributed by atoms with Crippen molar-refractivity contribution in [1.82, 2.24) is 0 Å². The summed E-state index contributed by atoms with van der Waals surface area (Å²) in [6.07, 6.45) is 1.69. The predicted molar refractivity (Wildman–Crippen MR) is 86.9 cm³/mol. The van der Waals surface area contributed by atoms with Gasteiger partial charge >= 0.3 is 0 Å². The standard InChI is InChI=1S/C17H17Cl2NO/c1-21-17(11-6-7-14(18)15(19)10-11)9-8-16(20)12-4-2-3-5-13(12)17/h2-7,10,16H,8-9,20H2,1H3/t16-,17?/m1/s1. The van der Waals surface area contributed by atoms with Gasteiger partial charge < -0.3 is 10.5 Å². The van der Waals surface area contributed by atoms with Crippen molar-refractivity contribution < 1.29 is 4.74 Å². The first-order chi connectivity index (χ1) is 10.1. The van der Waals surface area contributed by atoms with E-state index in [9.17, 15) is 0 Å². The summed E-state index contributed by atoms with van der Waals surface area (Å²) in [5.74, 6) is 0. The van der Waals surface area contributed by atoms with Gasteiger partial charge in [-0.3, -0.25) is 0 Å². The maximum absolute atomic E-state index is 6.25. The molecule has 0 spiro atoms. The van der Waals surface area contributed by atoms with E-state index in [1.807, 2.05) is 30.3 Å². The minimum atomic E-state index is -0.513. The normalized spacial score (nSPS) is 24.7. The Balaban J connectivity index is 2.21. The van der Waals surface area contributed by atoms with Gasteiger partial charge in [-0.15, -0.1) is 0 Å². The lowest BCUT2D eigenvalue weighted by Crippen LogP contribution is -2.37. The van der Waals surface area contributed by atoms with Gasteiger partial charge in [-0.2, -0.15) is 0 Å². The molecule has 2 nitrogen and oxygen atoms in total. The molecule has 0 aliphatic heterocycles. The predicted octanol–water partition coefficient (Wildman–Crippen LogP) is 4.68. The molecule has 21 heavy (non-hydrogen) atoms. The van der Waals surface area contributed by atoms with Crippen molar-refractivity contribution in [3.05, 3.63) is 69.2 Å². The number of hydrogen-bond acceptors (Lipinski definition) is 2. The highest BCUT2D eigenvalue weighted by Crippen LogP contribution is 2.46. The molecule has 110 valence electrons. The highest BCUT2D eigenvalue weighted by molar-refractivity contribution is 6.42. The van der Waals surface area contributed by atoms with Crippen molar-refractivity contribution in [2.45, 2.75) is 24.5 Å². The second-order valence-corrected chi connectivity index (χ2v) is 6.21. The van der Waals surface area contributed by atoms with Crippen LogP contribution < -0.4 is 5.73 Å². The lowest BCUT2D eigenvalue weighted by atomic mass is 9.73. The molecule has 0 aromatic heterocycles. The van der Waals surface area contributed by atoms with Gasteiger partial charge in [0.1, 0.15) is 5.60 Å². The van der Waals surface area contributed by atoms with E-state index in [0.717, 1.165) is 29.5 Å². The Morgan fingerprint density at radius 3 is 2.62 bits per heavy atom. The van der Waals surface area contributed by atoms with Crippen LogP contribution in [0.25, 0.3) is 0 Å². The summed E-state index contributed by atoms with van der Waals surface area (Å²) in [6.45, 7) is 0. The average Bonchev–Trinajstić information content (AvgIpc) is 2.51. The maximum Gasteiger partial charge on any atom is 0.118 e. The van der Waals surface area contributed by atoms with Crippen molar-refractivity contribution in [3.8, 4) is 0 Å². The SMILES string of the molecule is COC1(c2ccc(Cl)c(Cl)c2)CC[C@@H](N)c2ccccc21. The van der Waals surface area contributed by atoms with Crippen LogP contribution in [-0.2, 0) is 10.3 Å². The van der Waals surface area contributed by atoms with Crippen LogP contribution in [0.5, 0.6) is 0 Å². The minimum Gasteiger partial charge on any atom is -0.369 e. The van der Waals surface area contributed by atoms with Crippen LogP contribution in [-0.4, -0.2) is 7.11 Å². The quantitative estimate of drug-likeness (QED) is 0.871. The van der Waals surface area contributed by atoms with Gasteiger partial charge in [-0.25, -0.2) is 0 Å². The summed E-state index contributed by atoms with van der Waals surface area (Å²) in [5, 5.41) is 1.09. The molecule has 1 unspecified atom stereocenters. The van der Waals surface area contributed by atoms with Crippen molar-refractivity contribution >= 4 is 23.2 Å². The van der Waals surface area contributed by atoms with Crippen LogP contribution in [0.4, 0.5) is 0 Å². The number of benzene rings is 2. The second-order valence-electron chi connectivity index (χ2n) is 5.39. The zero-order valence-corrected chi connectivity index (χ0v) is 13.3. The van der Waals surface area contributed by atoms with Gasteiger partial charge in [-0.05, 0) is 41.7 Å². The molecule has 2 aromatic carbocycles. The van der Waals surface area contributed by atoms with Gasteiger partial charge in [0, 0.05) is 13.2 Å². The first-order valence-electron chi connectivity index (χ1n) is 6.94. The number of hydrogen-bond donors (Lipinski definition) is 1. The van der Waals surface area contributed by atoms with E-state index in [1.165, 1.54) is 0 Å². The zero-order valence-electron chi connectivity index (χ0n) is 11.8. The van der Waals surface area contributed by atoms with Crippen LogP contribution >= 0.6 is 23.2 Å². The van der Waals surface area contributed by atoms with E-state index in [0.29, 0.717) is 10.0 Å². The van der Waals surface area contributed by atoms with Crippen LogP contribution in [0.2, 0.25) is 10.0 Å². The highest BCUT2D eigenvalue weighted by atomic mass is 35.5. The second kappa shape index (κ2) is 5.62. The van der Waals surface area contributed by atoms with E-state index in [4.69, 9.17) is 33.7 Å². The fraction of sp³-hybridized carbons (Fsp3) is 0.294. The number of nitrogens with two attached hydrogens (primary N) is 1. The molecule has 0 saturated carbocycles. The average molecular weight is 322 g/mol. The molecular formula is C17H17Cl2NO. The van der Waals surface area contributed by atoms with Crippen LogP contribution in [0, 0.1) is 0 Å². The van der Waals surface area contributed by atoms with Gasteiger partial charge in [0.05, 0.1) is 10.0 Å². The van der Waals surface area contributed by atoms with Crippen molar-refractivity contribution in [2.24, 2.45) is 5.73 Å². The molecular weight excluding hydrogens is 305 g/mol. The molecule has 4 heteroatoms. The minimum absolute atomic E-state index is 0.0484. The Bertz CT molecular complexity index is 674. The van der Waals surface area contributed by atoms with E-state index in [1.54, 1.807) is 7.11 Å². The molecule has 0 bridgehead atoms. The van der Waals surface area contributed by atoms with Crippen LogP contribution in [0.1, 0.15) is 35.6 Å². The van der Waals surface area contributed by atoms with Gasteiger partial charge in [0.2, 0.25) is 0 Å². The zero-order chi connectivity index (χ0) is 15.0. The van der Waals surface area contributed by atoms with Gasteiger partial charge in [0.15, 0.2) is 0 Å². The molecule has 0 fully saturated rings. The number of fused-ring (bicyclic) bond motifs is 1. The number of halogens is 2. The molecule has 2 atom stereocenters. The molecule has 0 radical (unpaired) electrons. The summed E-state index contributed by atoms with van der Waals surface area (Å²) in [7, 11) is 1.73. The largest absolute Gasteiger partial charge is 0.369 e. The fourth-order valence-electron chi connectivity index (χ4n) is 3.21. The first-order valence-corrected chi connectivity index (χ1v) is 7.70. The lowest BCUT2D eigenvalue weighted by Gasteiger charge is -2.40. The smallest absolute Gasteiger partial charge is 0.118 e. The Hall–Kier alpha value is -1.06. The van der Waals surface area contributed by atoms with Gasteiger partial charge in [0.25, 0.3) is 0 Å². The molecule has 3 rings (SSSR count). The third kappa shape index (κ3) is 2.36. The van der Waals surface area contributed by atoms with Crippen LogP contribution in [0.15, 0.2) is 42.5 Å². The summed E-state index contributed by atoms with van der Waals surface area (Å²) >= 11 is 12.2. The van der Waals surface area contributed by atoms with E-state index < -0.39 is 5.60 Å². The van der Waals surface area contributed by atoms with E-state index in [2.05, 4.69) is 12.1 Å². The Labute approximate surface area is 134 Å². The molecule has 1 aliphatic rings. The summed E-state index contributed by atoms with van der Waals surface area (Å²) in [6, 6.07) is 13.9. The molecule has 2 aromatic rings. The third-order valence-corrected chi connectivity index (χ3v) is 5.08. The van der Waals surface area contributed by atoms with E-state index >= 15 is 0 Å². The maximum atomic E-state index is 6.25.